The van der Waals surface area contributed by atoms with Crippen LogP contribution in [0.3, 0.4) is 0 Å². The summed E-state index contributed by atoms with van der Waals surface area (Å²) in [5.74, 6) is -0.255. The summed E-state index contributed by atoms with van der Waals surface area (Å²) in [6.45, 7) is 0.934. The molecule has 0 aromatic heterocycles. The van der Waals surface area contributed by atoms with Crippen molar-refractivity contribution in [2.24, 2.45) is 0 Å². The van der Waals surface area contributed by atoms with Crippen LogP contribution in [0.25, 0.3) is 0 Å². The molecule has 10 heteroatoms. The molecule has 8 nitrogen and oxygen atoms in total. The molecule has 2 aromatic rings. The fourth-order valence-electron chi connectivity index (χ4n) is 2.70. The summed E-state index contributed by atoms with van der Waals surface area (Å²) < 4.78 is 37.2. The Morgan fingerprint density at radius 3 is 2.69 bits per heavy atom. The minimum atomic E-state index is -3.67. The summed E-state index contributed by atoms with van der Waals surface area (Å²) in [4.78, 5) is 12.1. The zero-order valence-corrected chi connectivity index (χ0v) is 16.9. The number of amides is 1. The first-order valence-electron chi connectivity index (χ1n) is 8.70. The highest BCUT2D eigenvalue weighted by Gasteiger charge is 2.27. The molecule has 1 fully saturated rings. The number of halogens is 1. The van der Waals surface area contributed by atoms with Crippen LogP contribution in [0.1, 0.15) is 5.56 Å². The molecule has 2 aromatic carbocycles. The number of sulfonamides is 1. The third kappa shape index (κ3) is 5.25. The van der Waals surface area contributed by atoms with Crippen molar-refractivity contribution < 1.29 is 22.7 Å². The maximum Gasteiger partial charge on any atom is 0.262 e. The molecule has 29 heavy (non-hydrogen) atoms. The highest BCUT2D eigenvalue weighted by molar-refractivity contribution is 7.89. The molecular formula is C19H18ClN3O5S. The normalized spacial score (nSPS) is 14.8. The number of carbonyl (C=O) groups excluding carboxylic acids is 1. The van der Waals surface area contributed by atoms with Crippen molar-refractivity contribution in [1.82, 2.24) is 4.31 Å². The molecule has 0 radical (unpaired) electrons. The Morgan fingerprint density at radius 1 is 1.24 bits per heavy atom. The van der Waals surface area contributed by atoms with E-state index in [1.165, 1.54) is 28.6 Å². The van der Waals surface area contributed by atoms with Gasteiger partial charge in [-0.1, -0.05) is 17.7 Å². The van der Waals surface area contributed by atoms with Crippen molar-refractivity contribution in [2.45, 2.75) is 4.90 Å². The smallest absolute Gasteiger partial charge is 0.262 e. The Morgan fingerprint density at radius 2 is 2.00 bits per heavy atom. The maximum atomic E-state index is 12.7. The molecule has 0 aliphatic carbocycles. The molecule has 3 rings (SSSR count). The van der Waals surface area contributed by atoms with Crippen LogP contribution in [0.15, 0.2) is 47.4 Å². The van der Waals surface area contributed by atoms with Crippen LogP contribution < -0.4 is 10.1 Å². The number of anilines is 1. The van der Waals surface area contributed by atoms with Gasteiger partial charge in [0.05, 0.1) is 34.8 Å². The van der Waals surface area contributed by atoms with Crippen molar-refractivity contribution in [1.29, 1.82) is 5.26 Å². The number of nitrogens with one attached hydrogen (secondary N) is 1. The van der Waals surface area contributed by atoms with E-state index in [9.17, 15) is 13.2 Å². The van der Waals surface area contributed by atoms with Gasteiger partial charge in [0, 0.05) is 18.8 Å². The van der Waals surface area contributed by atoms with Gasteiger partial charge in [0.25, 0.3) is 5.91 Å². The Hall–Kier alpha value is -2.64. The first kappa shape index (κ1) is 21.1. The van der Waals surface area contributed by atoms with E-state index in [4.69, 9.17) is 26.3 Å². The predicted octanol–water partition coefficient (Wildman–Crippen LogP) is 2.25. The van der Waals surface area contributed by atoms with E-state index in [1.54, 1.807) is 18.2 Å². The summed E-state index contributed by atoms with van der Waals surface area (Å²) in [6.07, 6.45) is 0. The van der Waals surface area contributed by atoms with Gasteiger partial charge >= 0.3 is 0 Å². The molecule has 0 bridgehead atoms. The number of carbonyl (C=O) groups is 1. The molecule has 0 unspecified atom stereocenters. The van der Waals surface area contributed by atoms with Crippen LogP contribution in [0.2, 0.25) is 5.02 Å². The van der Waals surface area contributed by atoms with Crippen LogP contribution in [0, 0.1) is 11.3 Å². The number of nitrogens with zero attached hydrogens (tertiary/aromatic N) is 2. The third-order valence-electron chi connectivity index (χ3n) is 4.15. The molecule has 0 atom stereocenters. The molecule has 1 heterocycles. The molecule has 1 saturated heterocycles. The molecular weight excluding hydrogens is 418 g/mol. The first-order chi connectivity index (χ1) is 13.9. The van der Waals surface area contributed by atoms with Crippen molar-refractivity contribution in [2.75, 3.05) is 38.2 Å². The second kappa shape index (κ2) is 9.24. The summed E-state index contributed by atoms with van der Waals surface area (Å²) in [5, 5.41) is 11.6. The van der Waals surface area contributed by atoms with E-state index >= 15 is 0 Å². The van der Waals surface area contributed by atoms with Gasteiger partial charge in [-0.3, -0.25) is 4.79 Å². The maximum absolute atomic E-state index is 12.7. The van der Waals surface area contributed by atoms with E-state index < -0.39 is 15.9 Å². The number of ether oxygens (including phenoxy) is 2. The molecule has 1 N–H and O–H groups in total. The lowest BCUT2D eigenvalue weighted by Crippen LogP contribution is -2.40. The van der Waals surface area contributed by atoms with Crippen LogP contribution in [-0.2, 0) is 19.6 Å². The molecule has 152 valence electrons. The van der Waals surface area contributed by atoms with Gasteiger partial charge in [-0.15, -0.1) is 0 Å². The van der Waals surface area contributed by atoms with E-state index in [-0.39, 0.29) is 35.4 Å². The lowest BCUT2D eigenvalue weighted by molar-refractivity contribution is -0.118. The summed E-state index contributed by atoms with van der Waals surface area (Å²) in [7, 11) is -3.67. The van der Waals surface area contributed by atoms with Crippen LogP contribution in [-0.4, -0.2) is 51.5 Å². The number of nitriles is 1. The Kier molecular flexibility index (Phi) is 6.71. The van der Waals surface area contributed by atoms with E-state index in [2.05, 4.69) is 5.32 Å². The number of rotatable bonds is 6. The van der Waals surface area contributed by atoms with E-state index in [0.29, 0.717) is 24.5 Å². The Bertz CT molecular complexity index is 1050. The highest BCUT2D eigenvalue weighted by Crippen LogP contribution is 2.29. The second-order valence-corrected chi connectivity index (χ2v) is 8.48. The third-order valence-corrected chi connectivity index (χ3v) is 6.34. The summed E-state index contributed by atoms with van der Waals surface area (Å²) in [6, 6.07) is 12.6. The SMILES string of the molecule is N#Cc1cccc(NC(=O)COc2ccc(S(=O)(=O)N3CCOCC3)cc2Cl)c1. The quantitative estimate of drug-likeness (QED) is 0.745. The lowest BCUT2D eigenvalue weighted by Gasteiger charge is -2.26. The van der Waals surface area contributed by atoms with Crippen molar-refractivity contribution in [3.8, 4) is 11.8 Å². The summed E-state index contributed by atoms with van der Waals surface area (Å²) in [5.41, 5.74) is 0.888. The number of hydrogen-bond acceptors (Lipinski definition) is 6. The van der Waals surface area contributed by atoms with E-state index in [1.807, 2.05) is 6.07 Å². The van der Waals surface area contributed by atoms with Gasteiger partial charge in [0.2, 0.25) is 10.0 Å². The fourth-order valence-corrected chi connectivity index (χ4v) is 4.44. The average Bonchev–Trinajstić information content (AvgIpc) is 2.73. The average molecular weight is 436 g/mol. The first-order valence-corrected chi connectivity index (χ1v) is 10.5. The minimum absolute atomic E-state index is 0.0505. The van der Waals surface area contributed by atoms with Gasteiger partial charge < -0.3 is 14.8 Å². The number of benzene rings is 2. The lowest BCUT2D eigenvalue weighted by atomic mass is 10.2. The van der Waals surface area contributed by atoms with Gasteiger partial charge in [-0.25, -0.2) is 8.42 Å². The predicted molar refractivity (Wildman–Crippen MR) is 106 cm³/mol. The second-order valence-electron chi connectivity index (χ2n) is 6.14. The van der Waals surface area contributed by atoms with Crippen molar-refractivity contribution >= 4 is 33.2 Å². The molecule has 0 spiro atoms. The monoisotopic (exact) mass is 435 g/mol. The zero-order valence-electron chi connectivity index (χ0n) is 15.3. The van der Waals surface area contributed by atoms with E-state index in [0.717, 1.165) is 0 Å². The summed E-state index contributed by atoms with van der Waals surface area (Å²) >= 11 is 6.16. The Labute approximate surface area is 173 Å². The molecule has 0 saturated carbocycles. The van der Waals surface area contributed by atoms with Crippen molar-refractivity contribution in [3.63, 3.8) is 0 Å². The highest BCUT2D eigenvalue weighted by atomic mass is 35.5. The fraction of sp³-hybridized carbons (Fsp3) is 0.263. The largest absolute Gasteiger partial charge is 0.482 e. The van der Waals surface area contributed by atoms with Crippen molar-refractivity contribution in [3.05, 3.63) is 53.1 Å². The van der Waals surface area contributed by atoms with Crippen LogP contribution in [0.5, 0.6) is 5.75 Å². The molecule has 1 aliphatic rings. The zero-order chi connectivity index (χ0) is 20.9. The van der Waals surface area contributed by atoms with Crippen LogP contribution >= 0.6 is 11.6 Å². The number of hydrogen-bond donors (Lipinski definition) is 1. The standard InChI is InChI=1S/C19H18ClN3O5S/c20-17-11-16(29(25,26)23-6-8-27-9-7-23)4-5-18(17)28-13-19(24)22-15-3-1-2-14(10-15)12-21/h1-5,10-11H,6-9,13H2,(H,22,24). The van der Waals surface area contributed by atoms with Gasteiger partial charge in [0.15, 0.2) is 6.61 Å². The van der Waals surface area contributed by atoms with Gasteiger partial charge in [0.1, 0.15) is 5.75 Å². The molecule has 1 aliphatic heterocycles. The van der Waals surface area contributed by atoms with Gasteiger partial charge in [-0.05, 0) is 36.4 Å². The number of morpholine rings is 1. The minimum Gasteiger partial charge on any atom is -0.482 e. The Balaban J connectivity index is 1.63. The van der Waals surface area contributed by atoms with Gasteiger partial charge in [-0.2, -0.15) is 9.57 Å². The topological polar surface area (TPSA) is 109 Å². The van der Waals surface area contributed by atoms with Crippen LogP contribution in [0.4, 0.5) is 5.69 Å². The molecule has 1 amide bonds.